The van der Waals surface area contributed by atoms with Crippen LogP contribution in [0.5, 0.6) is 23.0 Å². The van der Waals surface area contributed by atoms with Gasteiger partial charge in [0.25, 0.3) is 0 Å². The highest BCUT2D eigenvalue weighted by Crippen LogP contribution is 2.32. The van der Waals surface area contributed by atoms with E-state index in [0.29, 0.717) is 43.1 Å². The highest BCUT2D eigenvalue weighted by molar-refractivity contribution is 5.87. The SMILES string of the molecule is COc1cc(C=CC(=O)OCC=CCOc2ccc(-c3ccccc3)cc2)ccc1OC(=O)C(C)(C)CCCOc1cc(C)ccc1C. The van der Waals surface area contributed by atoms with Gasteiger partial charge in [-0.2, -0.15) is 0 Å². The quantitative estimate of drug-likeness (QED) is 0.0394. The lowest BCUT2D eigenvalue weighted by Gasteiger charge is -2.23. The van der Waals surface area contributed by atoms with Gasteiger partial charge in [0.05, 0.1) is 19.1 Å². The molecule has 0 radical (unpaired) electrons. The van der Waals surface area contributed by atoms with Gasteiger partial charge in [0.1, 0.15) is 24.7 Å². The Kier molecular flexibility index (Phi) is 13.0. The molecule has 0 saturated carbocycles. The van der Waals surface area contributed by atoms with E-state index in [1.54, 1.807) is 36.4 Å². The molecule has 4 aromatic carbocycles. The first-order valence-electron chi connectivity index (χ1n) is 16.0. The second-order valence-corrected chi connectivity index (χ2v) is 12.0. The van der Waals surface area contributed by atoms with Crippen LogP contribution in [0.4, 0.5) is 0 Å². The Hall–Kier alpha value is -5.30. The van der Waals surface area contributed by atoms with Gasteiger partial charge in [-0.25, -0.2) is 4.79 Å². The average molecular weight is 649 g/mol. The number of benzene rings is 4. The fourth-order valence-corrected chi connectivity index (χ4v) is 4.77. The van der Waals surface area contributed by atoms with Crippen molar-refractivity contribution in [3.63, 3.8) is 0 Å². The summed E-state index contributed by atoms with van der Waals surface area (Å²) in [6.45, 7) is 8.73. The normalized spacial score (nSPS) is 11.4. The lowest BCUT2D eigenvalue weighted by atomic mass is 9.88. The molecule has 0 fully saturated rings. The maximum Gasteiger partial charge on any atom is 0.331 e. The van der Waals surface area contributed by atoms with E-state index in [1.165, 1.54) is 13.2 Å². The lowest BCUT2D eigenvalue weighted by molar-refractivity contribution is -0.144. The maximum absolute atomic E-state index is 13.1. The predicted molar refractivity (Wildman–Crippen MR) is 190 cm³/mol. The summed E-state index contributed by atoms with van der Waals surface area (Å²) in [6, 6.07) is 29.2. The zero-order valence-corrected chi connectivity index (χ0v) is 28.4. The zero-order valence-electron chi connectivity index (χ0n) is 28.4. The molecule has 0 spiro atoms. The van der Waals surface area contributed by atoms with Gasteiger partial charge in [-0.3, -0.25) is 4.79 Å². The number of esters is 2. The van der Waals surface area contributed by atoms with Crippen molar-refractivity contribution in [3.05, 3.63) is 126 Å². The first-order chi connectivity index (χ1) is 23.1. The summed E-state index contributed by atoms with van der Waals surface area (Å²) in [5.74, 6) is 1.46. The molecule has 0 aliphatic carbocycles. The molecule has 0 aromatic heterocycles. The van der Waals surface area contributed by atoms with Crippen LogP contribution in [0.25, 0.3) is 17.2 Å². The van der Waals surface area contributed by atoms with E-state index in [1.807, 2.05) is 82.3 Å². The molecule has 0 bridgehead atoms. The minimum Gasteiger partial charge on any atom is -0.493 e. The molecule has 48 heavy (non-hydrogen) atoms. The van der Waals surface area contributed by atoms with Crippen LogP contribution >= 0.6 is 0 Å². The summed E-state index contributed by atoms with van der Waals surface area (Å²) < 4.78 is 28.1. The van der Waals surface area contributed by atoms with Crippen LogP contribution in [-0.4, -0.2) is 38.9 Å². The largest absolute Gasteiger partial charge is 0.493 e. The molecule has 7 nitrogen and oxygen atoms in total. The lowest BCUT2D eigenvalue weighted by Crippen LogP contribution is -2.29. The number of aryl methyl sites for hydroxylation is 2. The number of carbonyl (C=O) groups excluding carboxylic acids is 2. The first kappa shape index (κ1) is 35.6. The minimum absolute atomic E-state index is 0.116. The van der Waals surface area contributed by atoms with E-state index in [-0.39, 0.29) is 12.6 Å². The Morgan fingerprint density at radius 2 is 1.48 bits per heavy atom. The Labute approximate surface area is 283 Å². The summed E-state index contributed by atoms with van der Waals surface area (Å²) in [4.78, 5) is 25.3. The van der Waals surface area contributed by atoms with Crippen LogP contribution in [0.1, 0.15) is 43.4 Å². The van der Waals surface area contributed by atoms with Crippen LogP contribution < -0.4 is 18.9 Å². The summed E-state index contributed by atoms with van der Waals surface area (Å²) in [5, 5.41) is 0. The van der Waals surface area contributed by atoms with Gasteiger partial charge in [0, 0.05) is 6.08 Å². The molecule has 4 rings (SSSR count). The number of hydrogen-bond donors (Lipinski definition) is 0. The molecular weight excluding hydrogens is 604 g/mol. The van der Waals surface area contributed by atoms with Gasteiger partial charge in [-0.1, -0.05) is 60.7 Å². The smallest absolute Gasteiger partial charge is 0.331 e. The number of carbonyl (C=O) groups is 2. The van der Waals surface area contributed by atoms with Crippen molar-refractivity contribution in [1.29, 1.82) is 0 Å². The van der Waals surface area contributed by atoms with Crippen molar-refractivity contribution in [2.45, 2.75) is 40.5 Å². The second kappa shape index (κ2) is 17.6. The summed E-state index contributed by atoms with van der Waals surface area (Å²) >= 11 is 0. The van der Waals surface area contributed by atoms with Crippen LogP contribution in [0.2, 0.25) is 0 Å². The van der Waals surface area contributed by atoms with E-state index < -0.39 is 11.4 Å². The van der Waals surface area contributed by atoms with E-state index in [0.717, 1.165) is 33.8 Å². The predicted octanol–water partition coefficient (Wildman–Crippen LogP) is 8.96. The van der Waals surface area contributed by atoms with Crippen LogP contribution in [-0.2, 0) is 14.3 Å². The summed E-state index contributed by atoms with van der Waals surface area (Å²) in [5.41, 5.74) is 4.46. The fourth-order valence-electron chi connectivity index (χ4n) is 4.77. The third kappa shape index (κ3) is 10.9. The van der Waals surface area contributed by atoms with Crippen molar-refractivity contribution in [2.75, 3.05) is 26.9 Å². The Morgan fingerprint density at radius 1 is 0.750 bits per heavy atom. The van der Waals surface area contributed by atoms with E-state index >= 15 is 0 Å². The maximum atomic E-state index is 13.1. The van der Waals surface area contributed by atoms with E-state index in [2.05, 4.69) is 18.2 Å². The van der Waals surface area contributed by atoms with Gasteiger partial charge < -0.3 is 23.7 Å². The van der Waals surface area contributed by atoms with Gasteiger partial charge in [0.15, 0.2) is 11.5 Å². The van der Waals surface area contributed by atoms with Gasteiger partial charge in [-0.15, -0.1) is 0 Å². The minimum atomic E-state index is -0.729. The standard InChI is InChI=1S/C41H44O7/c1-30-14-15-31(2)37(28-30)46-27-11-24-41(3,4)40(43)48-36-22-16-32(29-38(36)44-5)17-23-39(42)47-26-10-9-25-45-35-20-18-34(19-21-35)33-12-7-6-8-13-33/h6-10,12-23,28-29H,11,24-27H2,1-5H3. The van der Waals surface area contributed by atoms with Crippen molar-refractivity contribution >= 4 is 18.0 Å². The van der Waals surface area contributed by atoms with Gasteiger partial charge in [0.2, 0.25) is 0 Å². The number of rotatable bonds is 16. The van der Waals surface area contributed by atoms with Gasteiger partial charge >= 0.3 is 11.9 Å². The first-order valence-corrected chi connectivity index (χ1v) is 16.0. The molecule has 0 aliphatic heterocycles. The van der Waals surface area contributed by atoms with Gasteiger partial charge in [-0.05, 0) is 117 Å². The van der Waals surface area contributed by atoms with Crippen molar-refractivity contribution < 1.29 is 33.3 Å². The molecule has 7 heteroatoms. The third-order valence-electron chi connectivity index (χ3n) is 7.70. The third-order valence-corrected chi connectivity index (χ3v) is 7.70. The molecule has 4 aromatic rings. The average Bonchev–Trinajstić information content (AvgIpc) is 3.09. The molecule has 0 unspecified atom stereocenters. The van der Waals surface area contributed by atoms with E-state index in [4.69, 9.17) is 23.7 Å². The van der Waals surface area contributed by atoms with Crippen molar-refractivity contribution in [1.82, 2.24) is 0 Å². The fraction of sp³-hybridized carbons (Fsp3) is 0.268. The van der Waals surface area contributed by atoms with Crippen molar-refractivity contribution in [2.24, 2.45) is 5.41 Å². The number of methoxy groups -OCH3 is 1. The summed E-state index contributed by atoms with van der Waals surface area (Å²) in [7, 11) is 1.50. The Balaban J connectivity index is 1.18. The molecular formula is C41H44O7. The Bertz CT molecular complexity index is 1700. The molecule has 0 N–H and O–H groups in total. The monoisotopic (exact) mass is 648 g/mol. The van der Waals surface area contributed by atoms with E-state index in [9.17, 15) is 9.59 Å². The molecule has 0 heterocycles. The van der Waals surface area contributed by atoms with Crippen LogP contribution in [0, 0.1) is 19.3 Å². The highest BCUT2D eigenvalue weighted by Gasteiger charge is 2.30. The second-order valence-electron chi connectivity index (χ2n) is 12.0. The molecule has 0 aliphatic rings. The highest BCUT2D eigenvalue weighted by atomic mass is 16.6. The number of hydrogen-bond acceptors (Lipinski definition) is 7. The van der Waals surface area contributed by atoms with Crippen molar-refractivity contribution in [3.8, 4) is 34.1 Å². The molecule has 250 valence electrons. The molecule has 0 atom stereocenters. The zero-order chi connectivity index (χ0) is 34.4. The van der Waals surface area contributed by atoms with Crippen LogP contribution in [0.15, 0.2) is 109 Å². The molecule has 0 saturated heterocycles. The topological polar surface area (TPSA) is 80.3 Å². The Morgan fingerprint density at radius 3 is 2.23 bits per heavy atom. The summed E-state index contributed by atoms with van der Waals surface area (Å²) in [6.07, 6.45) is 7.77. The number of ether oxygens (including phenoxy) is 5. The molecule has 0 amide bonds. The van der Waals surface area contributed by atoms with Crippen LogP contribution in [0.3, 0.4) is 0 Å².